The molecule has 1 atom stereocenters. The monoisotopic (exact) mass is 271 g/mol. The molecule has 1 radical (unpaired) electrons. The van der Waals surface area contributed by atoms with Gasteiger partial charge in [-0.25, -0.2) is 0 Å². The first-order chi connectivity index (χ1) is 9.43. The zero-order valence-corrected chi connectivity index (χ0v) is 12.5. The Hall–Kier alpha value is -1.84. The highest BCUT2D eigenvalue weighted by Gasteiger charge is 2.25. The van der Waals surface area contributed by atoms with Gasteiger partial charge in [-0.05, 0) is 24.0 Å². The number of nitrogen functional groups attached to an aromatic ring is 1. The Kier molecular flexibility index (Phi) is 4.12. The minimum absolute atomic E-state index is 0.120. The highest BCUT2D eigenvalue weighted by Crippen LogP contribution is 2.32. The molecule has 0 spiro atoms. The summed E-state index contributed by atoms with van der Waals surface area (Å²) in [5, 5.41) is 3.56. The normalized spacial score (nSPS) is 13.4. The van der Waals surface area contributed by atoms with E-state index in [0.717, 1.165) is 29.6 Å². The number of nitrogens with two attached hydrogens (primary N) is 1. The number of rotatable bonds is 4. The summed E-state index contributed by atoms with van der Waals surface area (Å²) in [5.41, 5.74) is 9.40. The summed E-state index contributed by atoms with van der Waals surface area (Å²) >= 11 is 0. The maximum atomic E-state index is 6.09. The number of fused-ring (bicyclic) bond motifs is 1. The van der Waals surface area contributed by atoms with Crippen LogP contribution < -0.4 is 11.1 Å². The molecule has 2 aromatic rings. The Balaban J connectivity index is 2.44. The molecule has 3 N–H and O–H groups in total. The van der Waals surface area contributed by atoms with E-state index in [1.54, 1.807) is 12.4 Å². The molecular weight excluding hydrogens is 248 g/mol. The highest BCUT2D eigenvalue weighted by atomic mass is 15.0. The van der Waals surface area contributed by atoms with E-state index in [1.807, 2.05) is 12.1 Å². The number of pyridine rings is 2. The molecule has 4 nitrogen and oxygen atoms in total. The molecule has 0 amide bonds. The van der Waals surface area contributed by atoms with Gasteiger partial charge < -0.3 is 11.1 Å². The Morgan fingerprint density at radius 3 is 2.75 bits per heavy atom. The molecule has 0 aliphatic carbocycles. The number of nitrogens with one attached hydrogen (secondary N) is 1. The highest BCUT2D eigenvalue weighted by molar-refractivity contribution is 5.93. The van der Waals surface area contributed by atoms with Gasteiger partial charge in [0.25, 0.3) is 0 Å². The molecule has 0 bridgehead atoms. The Labute approximate surface area is 120 Å². The van der Waals surface area contributed by atoms with Crippen molar-refractivity contribution in [3.8, 4) is 0 Å². The number of hydrogen-bond acceptors (Lipinski definition) is 4. The number of anilines is 2. The maximum absolute atomic E-state index is 6.09. The van der Waals surface area contributed by atoms with Gasteiger partial charge in [0.1, 0.15) is 5.52 Å². The predicted octanol–water partition coefficient (Wildman–Crippen LogP) is 3.65. The molecule has 2 aromatic heterocycles. The third kappa shape index (κ3) is 3.00. The van der Waals surface area contributed by atoms with Gasteiger partial charge in [-0.15, -0.1) is 0 Å². The molecule has 4 heteroatoms. The van der Waals surface area contributed by atoms with Crippen LogP contribution in [0.3, 0.4) is 0 Å². The van der Waals surface area contributed by atoms with Gasteiger partial charge in [0.15, 0.2) is 0 Å². The van der Waals surface area contributed by atoms with E-state index in [-0.39, 0.29) is 11.5 Å². The summed E-state index contributed by atoms with van der Waals surface area (Å²) in [5.74, 6) is 0. The van der Waals surface area contributed by atoms with Crippen molar-refractivity contribution in [3.05, 3.63) is 31.5 Å². The molecule has 20 heavy (non-hydrogen) atoms. The molecular formula is C16H23N4. The van der Waals surface area contributed by atoms with E-state index < -0.39 is 0 Å². The summed E-state index contributed by atoms with van der Waals surface area (Å²) in [6, 6.07) is 4.11. The third-order valence-corrected chi connectivity index (χ3v) is 3.51. The summed E-state index contributed by atoms with van der Waals surface area (Å²) in [7, 11) is 0. The zero-order valence-electron chi connectivity index (χ0n) is 12.5. The first kappa shape index (κ1) is 14.6. The SMILES string of the molecule is [CH2]CCC(Nc1c(N)cnc2cccnc12)C(C)(C)C. The summed E-state index contributed by atoms with van der Waals surface area (Å²) < 4.78 is 0. The van der Waals surface area contributed by atoms with E-state index in [1.165, 1.54) is 0 Å². The average Bonchev–Trinajstić information content (AvgIpc) is 2.40. The summed E-state index contributed by atoms with van der Waals surface area (Å²) in [6.45, 7) is 10.6. The van der Waals surface area contributed by atoms with Crippen LogP contribution in [0.2, 0.25) is 0 Å². The number of hydrogen-bond donors (Lipinski definition) is 2. The van der Waals surface area contributed by atoms with E-state index >= 15 is 0 Å². The Bertz CT molecular complexity index is 587. The van der Waals surface area contributed by atoms with Crippen LogP contribution in [0.25, 0.3) is 11.0 Å². The lowest BCUT2D eigenvalue weighted by molar-refractivity contribution is 0.327. The lowest BCUT2D eigenvalue weighted by atomic mass is 9.84. The van der Waals surface area contributed by atoms with Gasteiger partial charge in [-0.1, -0.05) is 34.1 Å². The standard InChI is InChI=1S/C16H23N4/c1-5-7-13(16(2,3)4)20-14-11(17)10-19-12-8-6-9-18-15(12)14/h6,8-10,13H,1,5,7,17H2,2-4H3,(H,19,20). The second kappa shape index (κ2) is 5.65. The topological polar surface area (TPSA) is 63.8 Å². The van der Waals surface area contributed by atoms with Crippen molar-refractivity contribution in [1.82, 2.24) is 9.97 Å². The van der Waals surface area contributed by atoms with Crippen molar-refractivity contribution >= 4 is 22.4 Å². The molecule has 0 saturated heterocycles. The largest absolute Gasteiger partial charge is 0.396 e. The summed E-state index contributed by atoms with van der Waals surface area (Å²) in [4.78, 5) is 8.73. The maximum Gasteiger partial charge on any atom is 0.114 e. The Morgan fingerprint density at radius 1 is 1.35 bits per heavy atom. The van der Waals surface area contributed by atoms with Crippen LogP contribution in [0.5, 0.6) is 0 Å². The molecule has 107 valence electrons. The average molecular weight is 271 g/mol. The fourth-order valence-electron chi connectivity index (χ4n) is 2.29. The first-order valence-corrected chi connectivity index (χ1v) is 6.98. The van der Waals surface area contributed by atoms with Crippen LogP contribution in [0.4, 0.5) is 11.4 Å². The van der Waals surface area contributed by atoms with Crippen molar-refractivity contribution in [2.24, 2.45) is 5.41 Å². The van der Waals surface area contributed by atoms with Crippen molar-refractivity contribution < 1.29 is 0 Å². The molecule has 0 saturated carbocycles. The predicted molar refractivity (Wildman–Crippen MR) is 85.4 cm³/mol. The van der Waals surface area contributed by atoms with E-state index in [2.05, 4.69) is 43.0 Å². The van der Waals surface area contributed by atoms with E-state index in [9.17, 15) is 0 Å². The minimum atomic E-state index is 0.120. The minimum Gasteiger partial charge on any atom is -0.396 e. The van der Waals surface area contributed by atoms with Gasteiger partial charge in [-0.3, -0.25) is 9.97 Å². The molecule has 2 rings (SSSR count). The molecule has 0 aliphatic heterocycles. The van der Waals surface area contributed by atoms with Crippen LogP contribution in [-0.4, -0.2) is 16.0 Å². The van der Waals surface area contributed by atoms with Gasteiger partial charge in [0.2, 0.25) is 0 Å². The van der Waals surface area contributed by atoms with Gasteiger partial charge in [0.05, 0.1) is 23.1 Å². The fourth-order valence-corrected chi connectivity index (χ4v) is 2.29. The molecule has 2 heterocycles. The second-order valence-corrected chi connectivity index (χ2v) is 6.16. The molecule has 0 aromatic carbocycles. The van der Waals surface area contributed by atoms with Gasteiger partial charge >= 0.3 is 0 Å². The van der Waals surface area contributed by atoms with Crippen molar-refractivity contribution in [2.45, 2.75) is 39.7 Å². The van der Waals surface area contributed by atoms with Crippen molar-refractivity contribution in [1.29, 1.82) is 0 Å². The third-order valence-electron chi connectivity index (χ3n) is 3.51. The van der Waals surface area contributed by atoms with E-state index in [4.69, 9.17) is 5.73 Å². The summed E-state index contributed by atoms with van der Waals surface area (Å²) in [6.07, 6.45) is 5.32. The smallest absolute Gasteiger partial charge is 0.114 e. The molecule has 0 aliphatic rings. The molecule has 1 unspecified atom stereocenters. The van der Waals surface area contributed by atoms with Crippen LogP contribution in [-0.2, 0) is 0 Å². The number of nitrogens with zero attached hydrogens (tertiary/aromatic N) is 2. The number of aromatic nitrogens is 2. The van der Waals surface area contributed by atoms with Crippen LogP contribution in [0.1, 0.15) is 33.6 Å². The zero-order chi connectivity index (χ0) is 14.8. The van der Waals surface area contributed by atoms with Crippen LogP contribution in [0, 0.1) is 12.3 Å². The lowest BCUT2D eigenvalue weighted by Crippen LogP contribution is -2.34. The second-order valence-electron chi connectivity index (χ2n) is 6.16. The Morgan fingerprint density at radius 2 is 2.10 bits per heavy atom. The van der Waals surface area contributed by atoms with Crippen LogP contribution >= 0.6 is 0 Å². The lowest BCUT2D eigenvalue weighted by Gasteiger charge is -2.32. The van der Waals surface area contributed by atoms with Crippen LogP contribution in [0.15, 0.2) is 24.5 Å². The first-order valence-electron chi connectivity index (χ1n) is 6.98. The van der Waals surface area contributed by atoms with Gasteiger partial charge in [0, 0.05) is 12.2 Å². The van der Waals surface area contributed by atoms with Gasteiger partial charge in [-0.2, -0.15) is 0 Å². The van der Waals surface area contributed by atoms with E-state index in [0.29, 0.717) is 5.69 Å². The fraction of sp³-hybridized carbons (Fsp3) is 0.438. The quantitative estimate of drug-likeness (QED) is 0.891. The van der Waals surface area contributed by atoms with Crippen molar-refractivity contribution in [2.75, 3.05) is 11.1 Å². The van der Waals surface area contributed by atoms with Crippen molar-refractivity contribution in [3.63, 3.8) is 0 Å². The molecule has 0 fully saturated rings.